The number of carbonyl (C=O) groups is 3. The van der Waals surface area contributed by atoms with Gasteiger partial charge in [0.2, 0.25) is 5.91 Å². The van der Waals surface area contributed by atoms with Gasteiger partial charge in [0.15, 0.2) is 0 Å². The second-order valence-corrected chi connectivity index (χ2v) is 7.76. The number of fused-ring (bicyclic) bond motifs is 1. The van der Waals surface area contributed by atoms with Crippen LogP contribution in [0.2, 0.25) is 0 Å². The van der Waals surface area contributed by atoms with E-state index in [-0.39, 0.29) is 42.6 Å². The molecule has 31 heavy (non-hydrogen) atoms. The summed E-state index contributed by atoms with van der Waals surface area (Å²) in [6.45, 7) is 0.886. The Balaban J connectivity index is 1.32. The van der Waals surface area contributed by atoms with Gasteiger partial charge in [0.25, 0.3) is 5.91 Å². The van der Waals surface area contributed by atoms with Gasteiger partial charge in [0.1, 0.15) is 6.23 Å². The Labute approximate surface area is 180 Å². The van der Waals surface area contributed by atoms with E-state index in [1.54, 1.807) is 24.3 Å². The fourth-order valence-electron chi connectivity index (χ4n) is 4.06. The molecule has 0 radical (unpaired) electrons. The molecule has 2 saturated heterocycles. The summed E-state index contributed by atoms with van der Waals surface area (Å²) in [5.41, 5.74) is 2.41. The van der Waals surface area contributed by atoms with E-state index in [0.29, 0.717) is 18.7 Å². The fourth-order valence-corrected chi connectivity index (χ4v) is 4.06. The molecule has 0 aliphatic carbocycles. The molecule has 2 aliphatic rings. The summed E-state index contributed by atoms with van der Waals surface area (Å²) in [5, 5.41) is 11.3. The van der Waals surface area contributed by atoms with Crippen LogP contribution >= 0.6 is 0 Å². The molecule has 0 saturated carbocycles. The average molecular weight is 422 g/mol. The lowest BCUT2D eigenvalue weighted by Gasteiger charge is -2.42. The maximum atomic E-state index is 12.2. The Hall–Kier alpha value is -3.39. The minimum Gasteiger partial charge on any atom is -0.358 e. The van der Waals surface area contributed by atoms with Crippen LogP contribution in [-0.2, 0) is 16.1 Å². The molecule has 0 spiro atoms. The number of hydrogen-bond donors (Lipinski definition) is 4. The highest BCUT2D eigenvalue weighted by Crippen LogP contribution is 2.34. The largest absolute Gasteiger partial charge is 0.358 e. The van der Waals surface area contributed by atoms with E-state index in [1.165, 1.54) is 0 Å². The molecule has 162 valence electrons. The molecular formula is C23H26N4O4. The molecular weight excluding hydrogens is 396 g/mol. The Bertz CT molecular complexity index is 950. The molecule has 3 atom stereocenters. The number of urea groups is 1. The Morgan fingerprint density at radius 1 is 1.03 bits per heavy atom. The number of nitrogens with one attached hydrogen (secondary N) is 4. The second-order valence-electron chi connectivity index (χ2n) is 7.76. The molecule has 0 unspecified atom stereocenters. The monoisotopic (exact) mass is 422 g/mol. The molecule has 4 amide bonds. The third-order valence-electron chi connectivity index (χ3n) is 5.60. The van der Waals surface area contributed by atoms with Crippen molar-refractivity contribution < 1.29 is 19.1 Å². The molecule has 2 aromatic carbocycles. The number of amides is 4. The van der Waals surface area contributed by atoms with Gasteiger partial charge in [-0.1, -0.05) is 42.5 Å². The van der Waals surface area contributed by atoms with Crippen molar-refractivity contribution >= 4 is 17.8 Å². The first-order chi connectivity index (χ1) is 15.1. The molecule has 2 heterocycles. The van der Waals surface area contributed by atoms with Gasteiger partial charge >= 0.3 is 6.03 Å². The average Bonchev–Trinajstić information content (AvgIpc) is 2.81. The van der Waals surface area contributed by atoms with Crippen LogP contribution in [0.1, 0.15) is 40.4 Å². The summed E-state index contributed by atoms with van der Waals surface area (Å²) in [5.74, 6) is -0.404. The lowest BCUT2D eigenvalue weighted by Crippen LogP contribution is -2.58. The highest BCUT2D eigenvalue weighted by atomic mass is 16.5. The van der Waals surface area contributed by atoms with E-state index in [4.69, 9.17) is 4.74 Å². The number of rotatable bonds is 6. The highest BCUT2D eigenvalue weighted by Gasteiger charge is 2.39. The van der Waals surface area contributed by atoms with Crippen molar-refractivity contribution in [3.8, 4) is 0 Å². The van der Waals surface area contributed by atoms with Crippen LogP contribution in [0.3, 0.4) is 0 Å². The zero-order chi connectivity index (χ0) is 21.6. The molecule has 2 aliphatic heterocycles. The quantitative estimate of drug-likeness (QED) is 0.570. The van der Waals surface area contributed by atoms with Crippen molar-refractivity contribution in [2.45, 2.75) is 31.7 Å². The minimum absolute atomic E-state index is 0.0984. The van der Waals surface area contributed by atoms with Gasteiger partial charge in [-0.05, 0) is 36.1 Å². The first kappa shape index (κ1) is 20.9. The van der Waals surface area contributed by atoms with Crippen LogP contribution in [-0.4, -0.2) is 37.2 Å². The van der Waals surface area contributed by atoms with Crippen molar-refractivity contribution in [1.29, 1.82) is 0 Å². The van der Waals surface area contributed by atoms with Gasteiger partial charge in [-0.2, -0.15) is 0 Å². The van der Waals surface area contributed by atoms with Gasteiger partial charge in [0, 0.05) is 24.6 Å². The van der Waals surface area contributed by atoms with E-state index in [9.17, 15) is 14.4 Å². The molecule has 2 fully saturated rings. The zero-order valence-corrected chi connectivity index (χ0v) is 17.1. The van der Waals surface area contributed by atoms with Crippen molar-refractivity contribution in [2.75, 3.05) is 13.2 Å². The van der Waals surface area contributed by atoms with Crippen LogP contribution in [0.15, 0.2) is 54.6 Å². The van der Waals surface area contributed by atoms with Crippen LogP contribution in [0.25, 0.3) is 0 Å². The molecule has 4 N–H and O–H groups in total. The van der Waals surface area contributed by atoms with Crippen LogP contribution in [0.5, 0.6) is 0 Å². The van der Waals surface area contributed by atoms with Gasteiger partial charge in [-0.25, -0.2) is 4.79 Å². The van der Waals surface area contributed by atoms with Gasteiger partial charge < -0.3 is 26.0 Å². The standard InChI is InChI=1S/C23H26N4O4/c28-19(14-25-21(29)16-7-2-1-3-8-16)24-13-15-6-4-9-17(12-15)20-18-10-5-11-31-22(18)27-23(30)26-20/h1-4,6-9,12,18,20,22H,5,10-11,13-14H2,(H,24,28)(H,25,29)(H2,26,27,30)/t18-,20-,22-/m0/s1. The van der Waals surface area contributed by atoms with Crippen LogP contribution < -0.4 is 21.3 Å². The molecule has 8 heteroatoms. The van der Waals surface area contributed by atoms with Crippen molar-refractivity contribution in [1.82, 2.24) is 21.3 Å². The number of hydrogen-bond acceptors (Lipinski definition) is 4. The summed E-state index contributed by atoms with van der Waals surface area (Å²) in [6.07, 6.45) is 1.65. The summed E-state index contributed by atoms with van der Waals surface area (Å²) in [4.78, 5) is 36.2. The number of benzene rings is 2. The topological polar surface area (TPSA) is 109 Å². The number of carbonyl (C=O) groups excluding carboxylic acids is 3. The predicted molar refractivity (Wildman–Crippen MR) is 114 cm³/mol. The van der Waals surface area contributed by atoms with E-state index in [0.717, 1.165) is 24.0 Å². The van der Waals surface area contributed by atoms with Crippen LogP contribution in [0, 0.1) is 5.92 Å². The first-order valence-corrected chi connectivity index (χ1v) is 10.5. The Morgan fingerprint density at radius 2 is 1.87 bits per heavy atom. The van der Waals surface area contributed by atoms with E-state index in [2.05, 4.69) is 21.3 Å². The maximum absolute atomic E-state index is 12.2. The third kappa shape index (κ3) is 5.21. The van der Waals surface area contributed by atoms with Crippen LogP contribution in [0.4, 0.5) is 4.79 Å². The summed E-state index contributed by atoms with van der Waals surface area (Å²) in [7, 11) is 0. The van der Waals surface area contributed by atoms with E-state index < -0.39 is 0 Å². The second kappa shape index (κ2) is 9.61. The SMILES string of the molecule is O=C(CNC(=O)c1ccccc1)NCc1cccc([C@@H]2NC(=O)N[C@H]3OCCC[C@H]32)c1. The minimum atomic E-state index is -0.288. The van der Waals surface area contributed by atoms with Crippen molar-refractivity contribution in [3.63, 3.8) is 0 Å². The maximum Gasteiger partial charge on any atom is 0.317 e. The Morgan fingerprint density at radius 3 is 2.71 bits per heavy atom. The zero-order valence-electron chi connectivity index (χ0n) is 17.1. The molecule has 4 rings (SSSR count). The van der Waals surface area contributed by atoms with Crippen molar-refractivity contribution in [3.05, 3.63) is 71.3 Å². The summed E-state index contributed by atoms with van der Waals surface area (Å²) >= 11 is 0. The summed E-state index contributed by atoms with van der Waals surface area (Å²) in [6, 6.07) is 16.2. The van der Waals surface area contributed by atoms with Gasteiger partial charge in [-0.15, -0.1) is 0 Å². The predicted octanol–water partition coefficient (Wildman–Crippen LogP) is 1.84. The molecule has 0 aromatic heterocycles. The molecule has 2 aromatic rings. The smallest absolute Gasteiger partial charge is 0.317 e. The number of ether oxygens (including phenoxy) is 1. The van der Waals surface area contributed by atoms with E-state index in [1.807, 2.05) is 30.3 Å². The lowest BCUT2D eigenvalue weighted by molar-refractivity contribution is -0.120. The summed E-state index contributed by atoms with van der Waals surface area (Å²) < 4.78 is 5.73. The van der Waals surface area contributed by atoms with E-state index >= 15 is 0 Å². The van der Waals surface area contributed by atoms with Gasteiger partial charge in [-0.3, -0.25) is 9.59 Å². The third-order valence-corrected chi connectivity index (χ3v) is 5.60. The normalized spacial score (nSPS) is 22.5. The molecule has 8 nitrogen and oxygen atoms in total. The molecule has 0 bridgehead atoms. The van der Waals surface area contributed by atoms with Gasteiger partial charge in [0.05, 0.1) is 12.6 Å². The Kier molecular flexibility index (Phi) is 6.47. The lowest BCUT2D eigenvalue weighted by atomic mass is 9.85. The fraction of sp³-hybridized carbons (Fsp3) is 0.348. The first-order valence-electron chi connectivity index (χ1n) is 10.5. The van der Waals surface area contributed by atoms with Crippen molar-refractivity contribution in [2.24, 2.45) is 5.92 Å². The highest BCUT2D eigenvalue weighted by molar-refractivity contribution is 5.96.